The van der Waals surface area contributed by atoms with Gasteiger partial charge in [0, 0.05) is 12.0 Å². The van der Waals surface area contributed by atoms with Crippen molar-refractivity contribution in [2.75, 3.05) is 7.05 Å². The van der Waals surface area contributed by atoms with Gasteiger partial charge in [0.15, 0.2) is 0 Å². The van der Waals surface area contributed by atoms with Crippen LogP contribution in [0.15, 0.2) is 11.5 Å². The smallest absolute Gasteiger partial charge is 0.286 e. The van der Waals surface area contributed by atoms with Gasteiger partial charge in [-0.2, -0.15) is 0 Å². The molecule has 62 valence electrons. The Morgan fingerprint density at radius 3 is 2.36 bits per heavy atom. The molecule has 0 bridgehead atoms. The van der Waals surface area contributed by atoms with Gasteiger partial charge in [0.1, 0.15) is 0 Å². The van der Waals surface area contributed by atoms with E-state index in [1.54, 1.807) is 4.90 Å². The van der Waals surface area contributed by atoms with E-state index < -0.39 is 0 Å². The minimum atomic E-state index is 0.119. The summed E-state index contributed by atoms with van der Waals surface area (Å²) in [5, 5.41) is 0.119. The van der Waals surface area contributed by atoms with Crippen molar-refractivity contribution in [1.82, 2.24) is 4.90 Å². The Labute approximate surface area is 71.6 Å². The van der Waals surface area contributed by atoms with Crippen molar-refractivity contribution in [2.24, 2.45) is 5.92 Å². The summed E-state index contributed by atoms with van der Waals surface area (Å²) >= 11 is 1.26. The Balaban J connectivity index is 2.79. The van der Waals surface area contributed by atoms with Gasteiger partial charge in [-0.3, -0.25) is 4.79 Å². The number of carbonyl (C=O) groups is 1. The summed E-state index contributed by atoms with van der Waals surface area (Å²) in [7, 11) is 1.83. The first-order chi connectivity index (χ1) is 5.04. The molecule has 1 aliphatic rings. The lowest BCUT2D eigenvalue weighted by Gasteiger charge is -2.22. The first kappa shape index (κ1) is 8.65. The first-order valence-corrected chi connectivity index (χ1v) is 4.49. The van der Waals surface area contributed by atoms with E-state index in [0.717, 1.165) is 4.91 Å². The van der Waals surface area contributed by atoms with Crippen LogP contribution in [-0.4, -0.2) is 23.2 Å². The number of nitrogens with zero attached hydrogens (tertiary/aromatic N) is 1. The molecule has 1 amide bonds. The molecule has 0 aromatic rings. The standard InChI is InChI=1S/C8H13NOS/c1-5(2)7-6(3)11-8(10)9(7)4/h5,7H,3H2,1-2,4H3. The fourth-order valence-electron chi connectivity index (χ4n) is 1.39. The average molecular weight is 171 g/mol. The van der Waals surface area contributed by atoms with Crippen molar-refractivity contribution < 1.29 is 4.79 Å². The summed E-state index contributed by atoms with van der Waals surface area (Å²) in [4.78, 5) is 13.9. The lowest BCUT2D eigenvalue weighted by atomic mass is 10.0. The van der Waals surface area contributed by atoms with Gasteiger partial charge < -0.3 is 4.90 Å². The zero-order valence-corrected chi connectivity index (χ0v) is 7.94. The molecule has 0 aromatic carbocycles. The fourth-order valence-corrected chi connectivity index (χ4v) is 2.43. The Morgan fingerprint density at radius 2 is 2.18 bits per heavy atom. The second kappa shape index (κ2) is 2.89. The molecule has 0 aliphatic carbocycles. The summed E-state index contributed by atoms with van der Waals surface area (Å²) in [5.74, 6) is 0.464. The third kappa shape index (κ3) is 1.43. The van der Waals surface area contributed by atoms with Crippen LogP contribution in [0, 0.1) is 5.92 Å². The summed E-state index contributed by atoms with van der Waals surface area (Å²) in [6, 6.07) is 0.229. The molecule has 3 heteroatoms. The highest BCUT2D eigenvalue weighted by atomic mass is 32.2. The number of carbonyl (C=O) groups excluding carboxylic acids is 1. The maximum Gasteiger partial charge on any atom is 0.286 e. The number of likely N-dealkylation sites (N-methyl/N-ethyl adjacent to an activating group) is 1. The lowest BCUT2D eigenvalue weighted by molar-refractivity contribution is 0.216. The van der Waals surface area contributed by atoms with Gasteiger partial charge in [0.05, 0.1) is 6.04 Å². The topological polar surface area (TPSA) is 20.3 Å². The third-order valence-corrected chi connectivity index (χ3v) is 2.85. The minimum absolute atomic E-state index is 0.119. The van der Waals surface area contributed by atoms with Crippen molar-refractivity contribution in [3.05, 3.63) is 11.5 Å². The molecule has 0 N–H and O–H groups in total. The summed E-state index contributed by atoms with van der Waals surface area (Å²) < 4.78 is 0. The number of thioether (sulfide) groups is 1. The SMILES string of the molecule is C=C1SC(=O)N(C)C1C(C)C. The molecule has 2 nitrogen and oxygen atoms in total. The Kier molecular flexibility index (Phi) is 2.28. The molecule has 1 heterocycles. The number of hydrogen-bond donors (Lipinski definition) is 0. The highest BCUT2D eigenvalue weighted by molar-refractivity contribution is 8.17. The average Bonchev–Trinajstić information content (AvgIpc) is 2.07. The van der Waals surface area contributed by atoms with E-state index in [9.17, 15) is 4.79 Å². The Morgan fingerprint density at radius 1 is 1.64 bits per heavy atom. The van der Waals surface area contributed by atoms with Gasteiger partial charge in [-0.15, -0.1) is 0 Å². The van der Waals surface area contributed by atoms with Crippen LogP contribution in [0.25, 0.3) is 0 Å². The van der Waals surface area contributed by atoms with Gasteiger partial charge in [0.2, 0.25) is 0 Å². The van der Waals surface area contributed by atoms with Gasteiger partial charge in [-0.05, 0) is 17.7 Å². The fraction of sp³-hybridized carbons (Fsp3) is 0.625. The van der Waals surface area contributed by atoms with Crippen LogP contribution in [0.3, 0.4) is 0 Å². The highest BCUT2D eigenvalue weighted by Crippen LogP contribution is 2.35. The van der Waals surface area contributed by atoms with Gasteiger partial charge in [-0.25, -0.2) is 0 Å². The summed E-state index contributed by atoms with van der Waals surface area (Å²) in [6.45, 7) is 8.06. The van der Waals surface area contributed by atoms with E-state index in [1.165, 1.54) is 11.8 Å². The van der Waals surface area contributed by atoms with Crippen molar-refractivity contribution in [3.8, 4) is 0 Å². The van der Waals surface area contributed by atoms with E-state index in [-0.39, 0.29) is 11.3 Å². The number of amides is 1. The predicted molar refractivity (Wildman–Crippen MR) is 48.5 cm³/mol. The van der Waals surface area contributed by atoms with Crippen LogP contribution in [0.1, 0.15) is 13.8 Å². The van der Waals surface area contributed by atoms with E-state index in [4.69, 9.17) is 0 Å². The van der Waals surface area contributed by atoms with Crippen LogP contribution in [-0.2, 0) is 0 Å². The summed E-state index contributed by atoms with van der Waals surface area (Å²) in [5.41, 5.74) is 0. The molecule has 1 aliphatic heterocycles. The first-order valence-electron chi connectivity index (χ1n) is 3.67. The Bertz CT molecular complexity index is 200. The zero-order chi connectivity index (χ0) is 8.59. The molecule has 1 rings (SSSR count). The third-order valence-electron chi connectivity index (χ3n) is 1.89. The molecule has 11 heavy (non-hydrogen) atoms. The predicted octanol–water partition coefficient (Wildman–Crippen LogP) is 2.32. The molecular formula is C8H13NOS. The molecule has 0 saturated carbocycles. The van der Waals surface area contributed by atoms with E-state index in [2.05, 4.69) is 20.4 Å². The number of hydrogen-bond acceptors (Lipinski definition) is 2. The van der Waals surface area contributed by atoms with Crippen LogP contribution in [0.4, 0.5) is 4.79 Å². The zero-order valence-electron chi connectivity index (χ0n) is 7.13. The maximum absolute atomic E-state index is 11.1. The molecule has 0 aromatic heterocycles. The molecule has 0 spiro atoms. The van der Waals surface area contributed by atoms with Gasteiger partial charge >= 0.3 is 0 Å². The summed E-state index contributed by atoms with van der Waals surface area (Å²) in [6.07, 6.45) is 0. The van der Waals surface area contributed by atoms with Crippen molar-refractivity contribution in [2.45, 2.75) is 19.9 Å². The minimum Gasteiger partial charge on any atom is -0.329 e. The van der Waals surface area contributed by atoms with Crippen LogP contribution < -0.4 is 0 Å². The second-order valence-corrected chi connectivity index (χ2v) is 4.21. The van der Waals surface area contributed by atoms with Crippen LogP contribution in [0.5, 0.6) is 0 Å². The maximum atomic E-state index is 11.1. The second-order valence-electron chi connectivity index (χ2n) is 3.13. The molecule has 1 atom stereocenters. The normalized spacial score (nSPS) is 25.5. The monoisotopic (exact) mass is 171 g/mol. The van der Waals surface area contributed by atoms with Gasteiger partial charge in [0.25, 0.3) is 5.24 Å². The molecule has 1 fully saturated rings. The van der Waals surface area contributed by atoms with Crippen molar-refractivity contribution in [1.29, 1.82) is 0 Å². The van der Waals surface area contributed by atoms with E-state index in [1.807, 2.05) is 7.05 Å². The van der Waals surface area contributed by atoms with E-state index in [0.29, 0.717) is 5.92 Å². The molecule has 1 unspecified atom stereocenters. The van der Waals surface area contributed by atoms with Gasteiger partial charge in [-0.1, -0.05) is 20.4 Å². The van der Waals surface area contributed by atoms with Crippen LogP contribution >= 0.6 is 11.8 Å². The molecule has 0 radical (unpaired) electrons. The van der Waals surface area contributed by atoms with Crippen LogP contribution in [0.2, 0.25) is 0 Å². The highest BCUT2D eigenvalue weighted by Gasteiger charge is 2.33. The van der Waals surface area contributed by atoms with Crippen molar-refractivity contribution in [3.63, 3.8) is 0 Å². The lowest BCUT2D eigenvalue weighted by Crippen LogP contribution is -2.32. The molecule has 1 saturated heterocycles. The quantitative estimate of drug-likeness (QED) is 0.603. The number of rotatable bonds is 1. The van der Waals surface area contributed by atoms with Crippen molar-refractivity contribution >= 4 is 17.0 Å². The molecular weight excluding hydrogens is 158 g/mol. The largest absolute Gasteiger partial charge is 0.329 e. The Hall–Kier alpha value is -0.440. The van der Waals surface area contributed by atoms with E-state index >= 15 is 0 Å².